The fourth-order valence-corrected chi connectivity index (χ4v) is 12.0. The van der Waals surface area contributed by atoms with E-state index in [-0.39, 0.29) is 83.8 Å². The van der Waals surface area contributed by atoms with Crippen LogP contribution < -0.4 is 19.6 Å². The summed E-state index contributed by atoms with van der Waals surface area (Å²) in [5, 5.41) is 17.3. The summed E-state index contributed by atoms with van der Waals surface area (Å²) in [6, 6.07) is 41.8. The van der Waals surface area contributed by atoms with Gasteiger partial charge in [-0.3, -0.25) is 77.0 Å². The summed E-state index contributed by atoms with van der Waals surface area (Å²) >= 11 is 6.36. The number of benzene rings is 4. The molecule has 27 heteroatoms. The molecule has 8 heterocycles. The molecule has 0 saturated heterocycles. The third-order valence-electron chi connectivity index (χ3n) is 18.2. The lowest BCUT2D eigenvalue weighted by Gasteiger charge is -2.19. The molecular weight excluding hydrogens is 1450 g/mol. The van der Waals surface area contributed by atoms with Crippen LogP contribution in [0.2, 0.25) is 5.02 Å². The molecule has 8 aromatic heterocycles. The van der Waals surface area contributed by atoms with Gasteiger partial charge in [-0.1, -0.05) is 75.7 Å². The van der Waals surface area contributed by atoms with Crippen LogP contribution in [-0.2, 0) is 73.1 Å². The number of Topliss-reactive ketones (excluding diaryl/α,β-unsaturated/α-hetero) is 4. The molecule has 24 nitrogen and oxygen atoms in total. The number of pyridine rings is 4. The number of nitrogens with zero attached hydrogens (tertiary/aromatic N) is 16. The van der Waals surface area contributed by atoms with Gasteiger partial charge in [0, 0.05) is 171 Å². The minimum atomic E-state index is -0.501. The zero-order valence-electron chi connectivity index (χ0n) is 64.7. The monoisotopic (exact) mass is 1530 g/mol. The van der Waals surface area contributed by atoms with Crippen LogP contribution in [0.1, 0.15) is 123 Å². The molecule has 12 aromatic rings. The minimum Gasteiger partial charge on any atom is -0.315 e. The average molecular weight is 1530 g/mol. The molecule has 0 bridgehead atoms. The van der Waals surface area contributed by atoms with Gasteiger partial charge in [-0.25, -0.2) is 8.78 Å². The number of amides is 4. The van der Waals surface area contributed by atoms with Crippen molar-refractivity contribution in [1.82, 2.24) is 59.1 Å². The number of hydrogen-bond donors (Lipinski definition) is 0. The molecule has 0 fully saturated rings. The van der Waals surface area contributed by atoms with Crippen LogP contribution >= 0.6 is 11.6 Å². The number of hydrogen-bond acceptors (Lipinski definition) is 16. The van der Waals surface area contributed by atoms with E-state index in [0.717, 1.165) is 39.3 Å². The van der Waals surface area contributed by atoms with Gasteiger partial charge in [0.15, 0.2) is 23.1 Å². The molecule has 0 spiro atoms. The van der Waals surface area contributed by atoms with Gasteiger partial charge in [0.25, 0.3) is 0 Å². The number of carbonyl (C=O) groups excluding carboxylic acids is 8. The zero-order valence-corrected chi connectivity index (χ0v) is 65.4. The van der Waals surface area contributed by atoms with Crippen molar-refractivity contribution in [3.63, 3.8) is 0 Å². The van der Waals surface area contributed by atoms with Gasteiger partial charge in [-0.05, 0) is 133 Å². The van der Waals surface area contributed by atoms with Crippen LogP contribution in [0, 0.1) is 18.6 Å². The van der Waals surface area contributed by atoms with E-state index < -0.39 is 11.6 Å². The Morgan fingerprint density at radius 2 is 0.661 bits per heavy atom. The summed E-state index contributed by atoms with van der Waals surface area (Å²) in [6.07, 6.45) is 15.8. The number of rotatable bonds is 24. The summed E-state index contributed by atoms with van der Waals surface area (Å²) in [4.78, 5) is 120. The molecule has 0 saturated carbocycles. The summed E-state index contributed by atoms with van der Waals surface area (Å²) in [5.41, 5.74) is 13.5. The smallest absolute Gasteiger partial charge is 0.226 e. The number of aryl methyl sites for hydroxylation is 5. The van der Waals surface area contributed by atoms with Crippen molar-refractivity contribution in [2.45, 2.75) is 86.0 Å². The lowest BCUT2D eigenvalue weighted by Crippen LogP contribution is -2.25. The Bertz CT molecular complexity index is 4710. The Balaban J connectivity index is 0.000000171. The summed E-state index contributed by atoms with van der Waals surface area (Å²) in [6.45, 7) is 9.10. The van der Waals surface area contributed by atoms with Gasteiger partial charge in [0.1, 0.15) is 23.0 Å². The molecule has 4 aromatic carbocycles. The maximum Gasteiger partial charge on any atom is 0.226 e. The maximum atomic E-state index is 14.5. The van der Waals surface area contributed by atoms with Crippen LogP contribution in [0.4, 0.5) is 31.5 Å². The van der Waals surface area contributed by atoms with Crippen molar-refractivity contribution < 1.29 is 47.1 Å². The molecule has 112 heavy (non-hydrogen) atoms. The Hall–Kier alpha value is -13.0. The van der Waals surface area contributed by atoms with E-state index in [9.17, 15) is 47.1 Å². The number of aromatic nitrogens is 12. The van der Waals surface area contributed by atoms with Crippen molar-refractivity contribution in [2.24, 2.45) is 28.2 Å². The first-order chi connectivity index (χ1) is 53.5. The standard InChI is InChI=1S/C22H24N4O2.C21H21ClN4O2.2C21H21FN4O2/c1-5-22(28)26(4)20-9-7-16(12-15(20)2)17-6-8-19(23-14-17)21(27)13-18-10-11-25(3)24-18;2*1-4-21(28)26(3)19-8-6-14(11-17(19)22)18-7-5-15(13-23-18)20(27)12-16-9-10-25(2)24-16;1-4-21(28)26(3)19-8-6-14(11-17(19)22)15-5-7-18(23-13-15)20(27)12-16-9-10-25(2)24-16/h6-12,14H,5,13H2,1-4H3;3*5-11,13H,4,12H2,1-3H3. The number of ketones is 4. The molecule has 12 rings (SSSR count). The molecule has 0 unspecified atom stereocenters. The van der Waals surface area contributed by atoms with Crippen LogP contribution in [0.5, 0.6) is 0 Å². The Labute approximate surface area is 653 Å². The first kappa shape index (κ1) is 83.1. The Kier molecular flexibility index (Phi) is 28.5. The fraction of sp³-hybridized carbons (Fsp3) is 0.247. The lowest BCUT2D eigenvalue weighted by atomic mass is 10.0. The van der Waals surface area contributed by atoms with Crippen molar-refractivity contribution in [1.29, 1.82) is 0 Å². The van der Waals surface area contributed by atoms with E-state index in [1.807, 2.05) is 89.7 Å². The molecule has 4 amide bonds. The normalized spacial score (nSPS) is 10.7. The summed E-state index contributed by atoms with van der Waals surface area (Å²) in [7, 11) is 13.8. The lowest BCUT2D eigenvalue weighted by molar-refractivity contribution is -0.118. The van der Waals surface area contributed by atoms with Crippen molar-refractivity contribution >= 4 is 81.1 Å². The first-order valence-corrected chi connectivity index (χ1v) is 36.4. The van der Waals surface area contributed by atoms with Crippen LogP contribution in [0.25, 0.3) is 44.8 Å². The van der Waals surface area contributed by atoms with Crippen LogP contribution in [0.3, 0.4) is 0 Å². The third kappa shape index (κ3) is 21.7. The second kappa shape index (κ2) is 38.4. The van der Waals surface area contributed by atoms with Gasteiger partial charge < -0.3 is 19.6 Å². The fourth-order valence-electron chi connectivity index (χ4n) is 11.7. The predicted molar refractivity (Wildman–Crippen MR) is 428 cm³/mol. The quantitative estimate of drug-likeness (QED) is 0.0509. The zero-order chi connectivity index (χ0) is 81.0. The van der Waals surface area contributed by atoms with E-state index in [2.05, 4.69) is 40.3 Å². The minimum absolute atomic E-state index is 0.0106. The summed E-state index contributed by atoms with van der Waals surface area (Å²) in [5.74, 6) is -1.56. The largest absolute Gasteiger partial charge is 0.315 e. The maximum absolute atomic E-state index is 14.5. The number of carbonyl (C=O) groups is 8. The van der Waals surface area contributed by atoms with E-state index in [4.69, 9.17) is 11.6 Å². The molecule has 0 aliphatic heterocycles. The molecule has 0 N–H and O–H groups in total. The highest BCUT2D eigenvalue weighted by atomic mass is 35.5. The van der Waals surface area contributed by atoms with Gasteiger partial charge in [-0.15, -0.1) is 0 Å². The van der Waals surface area contributed by atoms with Crippen molar-refractivity contribution in [2.75, 3.05) is 47.8 Å². The highest BCUT2D eigenvalue weighted by molar-refractivity contribution is 6.34. The van der Waals surface area contributed by atoms with E-state index in [0.29, 0.717) is 98.4 Å². The number of anilines is 4. The van der Waals surface area contributed by atoms with Gasteiger partial charge >= 0.3 is 0 Å². The van der Waals surface area contributed by atoms with Crippen LogP contribution in [-0.4, -0.2) is 134 Å². The molecule has 0 atom stereocenters. The number of halogens is 3. The molecule has 0 aliphatic carbocycles. The van der Waals surface area contributed by atoms with Crippen molar-refractivity contribution in [3.05, 3.63) is 263 Å². The van der Waals surface area contributed by atoms with Gasteiger partial charge in [0.05, 0.1) is 81.9 Å². The molecule has 576 valence electrons. The van der Waals surface area contributed by atoms with E-state index in [1.165, 1.54) is 28.1 Å². The van der Waals surface area contributed by atoms with Crippen molar-refractivity contribution in [3.8, 4) is 44.8 Å². The first-order valence-electron chi connectivity index (χ1n) is 36.0. The molecular formula is C85H87ClF2N16O8. The SMILES string of the molecule is CCC(=O)N(C)c1ccc(-c2ccc(C(=O)Cc3ccn(C)n3)cn2)cc1Cl.CCC(=O)N(C)c1ccc(-c2ccc(C(=O)Cc3ccn(C)n3)cn2)cc1F.CCC(=O)N(C)c1ccc(-c2ccc(C(=O)Cc3ccn(C)n3)nc2)cc1C.CCC(=O)N(C)c1ccc(-c2ccc(C(=O)Cc3ccn(C)n3)nc2)cc1F. The molecule has 0 aliphatic rings. The van der Waals surface area contributed by atoms with E-state index in [1.54, 1.807) is 207 Å². The Morgan fingerprint density at radius 1 is 0.348 bits per heavy atom. The summed E-state index contributed by atoms with van der Waals surface area (Å²) < 4.78 is 35.5. The van der Waals surface area contributed by atoms with Gasteiger partial charge in [0.2, 0.25) is 23.6 Å². The van der Waals surface area contributed by atoms with E-state index >= 15 is 0 Å². The Morgan fingerprint density at radius 3 is 0.973 bits per heavy atom. The highest BCUT2D eigenvalue weighted by Crippen LogP contribution is 2.33. The second-order valence-corrected chi connectivity index (χ2v) is 26.7. The molecule has 0 radical (unpaired) electrons. The topological polar surface area (TPSA) is 272 Å². The average Bonchev–Trinajstić information content (AvgIpc) is 1.18. The van der Waals surface area contributed by atoms with Gasteiger partial charge in [-0.2, -0.15) is 20.4 Å². The third-order valence-corrected chi connectivity index (χ3v) is 18.5. The van der Waals surface area contributed by atoms with Crippen LogP contribution in [0.15, 0.2) is 195 Å². The predicted octanol–water partition coefficient (Wildman–Crippen LogP) is 14.4. The second-order valence-electron chi connectivity index (χ2n) is 26.3. The highest BCUT2D eigenvalue weighted by Gasteiger charge is 2.21.